The van der Waals surface area contributed by atoms with Crippen molar-refractivity contribution in [2.75, 3.05) is 6.54 Å². The molecule has 1 saturated carbocycles. The monoisotopic (exact) mass is 263 g/mol. The molecule has 100 valence electrons. The van der Waals surface area contributed by atoms with Crippen molar-refractivity contribution >= 4 is 0 Å². The van der Waals surface area contributed by atoms with Crippen LogP contribution >= 0.6 is 0 Å². The Hall–Kier alpha value is -1.30. The summed E-state index contributed by atoms with van der Waals surface area (Å²) in [5.74, 6) is -2.68. The smallest absolute Gasteiger partial charge is 0.387 e. The molecule has 1 fully saturated rings. The fourth-order valence-corrected chi connectivity index (χ4v) is 2.39. The van der Waals surface area contributed by atoms with E-state index < -0.39 is 17.9 Å². The SMILES string of the molecule is NCC1(c2ccc(OC(F)F)cc2)CC(F)(F)C1. The quantitative estimate of drug-likeness (QED) is 0.848. The number of benzene rings is 1. The minimum absolute atomic E-state index is 0.00649. The van der Waals surface area contributed by atoms with Crippen molar-refractivity contribution in [2.24, 2.45) is 5.73 Å². The Morgan fingerprint density at radius 3 is 2.11 bits per heavy atom. The van der Waals surface area contributed by atoms with E-state index in [9.17, 15) is 17.6 Å². The number of halogens is 4. The lowest BCUT2D eigenvalue weighted by atomic mass is 9.62. The Balaban J connectivity index is 2.14. The van der Waals surface area contributed by atoms with Gasteiger partial charge in [-0.3, -0.25) is 0 Å². The zero-order valence-electron chi connectivity index (χ0n) is 9.51. The van der Waals surface area contributed by atoms with Gasteiger partial charge in [0.1, 0.15) is 5.75 Å². The summed E-state index contributed by atoms with van der Waals surface area (Å²) in [6.07, 6.45) is -0.600. The van der Waals surface area contributed by atoms with Crippen molar-refractivity contribution in [1.82, 2.24) is 0 Å². The van der Waals surface area contributed by atoms with Gasteiger partial charge in [0.2, 0.25) is 5.92 Å². The van der Waals surface area contributed by atoms with Gasteiger partial charge in [-0.05, 0) is 17.7 Å². The Labute approximate surface area is 102 Å². The van der Waals surface area contributed by atoms with Crippen LogP contribution in [-0.4, -0.2) is 19.1 Å². The number of nitrogens with two attached hydrogens (primary N) is 1. The standard InChI is InChI=1S/C12H13F4NO/c13-10(14)18-9-3-1-8(2-4-9)11(7-17)5-12(15,16)6-11/h1-4,10H,5-7,17H2. The van der Waals surface area contributed by atoms with Crippen LogP contribution in [0.15, 0.2) is 24.3 Å². The maximum absolute atomic E-state index is 13.0. The highest BCUT2D eigenvalue weighted by atomic mass is 19.3. The third kappa shape index (κ3) is 2.43. The average molecular weight is 263 g/mol. The molecule has 0 bridgehead atoms. The van der Waals surface area contributed by atoms with Crippen molar-refractivity contribution in [3.8, 4) is 5.75 Å². The van der Waals surface area contributed by atoms with Crippen LogP contribution in [0.3, 0.4) is 0 Å². The zero-order valence-corrected chi connectivity index (χ0v) is 9.51. The molecule has 2 nitrogen and oxygen atoms in total. The second-order valence-corrected chi connectivity index (χ2v) is 4.60. The van der Waals surface area contributed by atoms with Crippen LogP contribution in [0.4, 0.5) is 17.6 Å². The van der Waals surface area contributed by atoms with E-state index >= 15 is 0 Å². The highest BCUT2D eigenvalue weighted by Gasteiger charge is 2.56. The molecular formula is C12H13F4NO. The van der Waals surface area contributed by atoms with Gasteiger partial charge in [0.25, 0.3) is 0 Å². The van der Waals surface area contributed by atoms with E-state index in [1.165, 1.54) is 24.3 Å². The second-order valence-electron chi connectivity index (χ2n) is 4.60. The lowest BCUT2D eigenvalue weighted by molar-refractivity contribution is -0.123. The van der Waals surface area contributed by atoms with E-state index in [0.717, 1.165) is 0 Å². The summed E-state index contributed by atoms with van der Waals surface area (Å²) in [6.45, 7) is -2.79. The van der Waals surface area contributed by atoms with Crippen LogP contribution in [0.5, 0.6) is 5.75 Å². The first kappa shape index (κ1) is 13.1. The first-order valence-electron chi connectivity index (χ1n) is 5.50. The Kier molecular flexibility index (Phi) is 3.23. The number of hydrogen-bond acceptors (Lipinski definition) is 2. The van der Waals surface area contributed by atoms with Gasteiger partial charge in [-0.1, -0.05) is 12.1 Å². The molecule has 0 atom stereocenters. The predicted molar refractivity (Wildman–Crippen MR) is 58.0 cm³/mol. The lowest BCUT2D eigenvalue weighted by Crippen LogP contribution is -2.53. The molecule has 0 spiro atoms. The molecule has 2 N–H and O–H groups in total. The minimum Gasteiger partial charge on any atom is -0.435 e. The molecule has 0 heterocycles. The molecule has 1 aliphatic rings. The Morgan fingerprint density at radius 2 is 1.72 bits per heavy atom. The molecule has 1 aliphatic carbocycles. The van der Waals surface area contributed by atoms with Crippen molar-refractivity contribution in [1.29, 1.82) is 0 Å². The first-order chi connectivity index (χ1) is 8.37. The van der Waals surface area contributed by atoms with E-state index in [0.29, 0.717) is 5.56 Å². The van der Waals surface area contributed by atoms with Crippen LogP contribution in [-0.2, 0) is 5.41 Å². The molecule has 2 rings (SSSR count). The van der Waals surface area contributed by atoms with Gasteiger partial charge < -0.3 is 10.5 Å². The van der Waals surface area contributed by atoms with Crippen LogP contribution in [0, 0.1) is 0 Å². The normalized spacial score (nSPS) is 20.6. The van der Waals surface area contributed by atoms with Crippen molar-refractivity contribution < 1.29 is 22.3 Å². The molecule has 1 aromatic carbocycles. The van der Waals surface area contributed by atoms with E-state index in [1.54, 1.807) is 0 Å². The average Bonchev–Trinajstić information content (AvgIpc) is 2.25. The summed E-state index contributed by atoms with van der Waals surface area (Å²) in [4.78, 5) is 0. The largest absolute Gasteiger partial charge is 0.435 e. The summed E-state index contributed by atoms with van der Waals surface area (Å²) < 4.78 is 54.1. The summed E-state index contributed by atoms with van der Waals surface area (Å²) in [6, 6.07) is 5.71. The molecule has 1 aromatic rings. The highest BCUT2D eigenvalue weighted by molar-refractivity contribution is 5.35. The van der Waals surface area contributed by atoms with E-state index in [-0.39, 0.29) is 25.1 Å². The second kappa shape index (κ2) is 4.42. The van der Waals surface area contributed by atoms with E-state index in [2.05, 4.69) is 4.74 Å². The molecule has 0 unspecified atom stereocenters. The Morgan fingerprint density at radius 1 is 1.17 bits per heavy atom. The van der Waals surface area contributed by atoms with Crippen molar-refractivity contribution in [2.45, 2.75) is 30.8 Å². The molecule has 0 aliphatic heterocycles. The van der Waals surface area contributed by atoms with Crippen LogP contribution in [0.2, 0.25) is 0 Å². The fraction of sp³-hybridized carbons (Fsp3) is 0.500. The molecule has 6 heteroatoms. The Bertz CT molecular complexity index is 411. The first-order valence-corrected chi connectivity index (χ1v) is 5.50. The maximum Gasteiger partial charge on any atom is 0.387 e. The maximum atomic E-state index is 13.0. The third-order valence-corrected chi connectivity index (χ3v) is 3.28. The number of ether oxygens (including phenoxy) is 1. The van der Waals surface area contributed by atoms with Crippen LogP contribution in [0.1, 0.15) is 18.4 Å². The summed E-state index contributed by atoms with van der Waals surface area (Å²) in [5, 5.41) is 0. The summed E-state index contributed by atoms with van der Waals surface area (Å²) in [7, 11) is 0. The molecule has 0 radical (unpaired) electrons. The fourth-order valence-electron chi connectivity index (χ4n) is 2.39. The van der Waals surface area contributed by atoms with Gasteiger partial charge in [-0.25, -0.2) is 8.78 Å². The molecule has 0 aromatic heterocycles. The molecule has 0 saturated heterocycles. The molecule has 18 heavy (non-hydrogen) atoms. The zero-order chi connectivity index (χ0) is 13.4. The number of rotatable bonds is 4. The number of alkyl halides is 4. The lowest BCUT2D eigenvalue weighted by Gasteiger charge is -2.47. The van der Waals surface area contributed by atoms with Gasteiger partial charge in [-0.15, -0.1) is 0 Å². The van der Waals surface area contributed by atoms with Crippen molar-refractivity contribution in [3.05, 3.63) is 29.8 Å². The third-order valence-electron chi connectivity index (χ3n) is 3.28. The predicted octanol–water partition coefficient (Wildman–Crippen LogP) is 2.91. The highest BCUT2D eigenvalue weighted by Crippen LogP contribution is 2.52. The number of hydrogen-bond donors (Lipinski definition) is 1. The van der Waals surface area contributed by atoms with Gasteiger partial charge in [0, 0.05) is 24.8 Å². The van der Waals surface area contributed by atoms with E-state index in [4.69, 9.17) is 5.73 Å². The summed E-state index contributed by atoms with van der Waals surface area (Å²) >= 11 is 0. The van der Waals surface area contributed by atoms with Gasteiger partial charge in [-0.2, -0.15) is 8.78 Å². The van der Waals surface area contributed by atoms with Gasteiger partial charge in [0.15, 0.2) is 0 Å². The van der Waals surface area contributed by atoms with Crippen LogP contribution < -0.4 is 10.5 Å². The van der Waals surface area contributed by atoms with Gasteiger partial charge in [0.05, 0.1) is 0 Å². The van der Waals surface area contributed by atoms with Crippen LogP contribution in [0.25, 0.3) is 0 Å². The topological polar surface area (TPSA) is 35.2 Å². The molecule has 0 amide bonds. The van der Waals surface area contributed by atoms with E-state index in [1.807, 2.05) is 0 Å². The van der Waals surface area contributed by atoms with Gasteiger partial charge >= 0.3 is 6.61 Å². The summed E-state index contributed by atoms with van der Waals surface area (Å²) in [5.41, 5.74) is 5.45. The minimum atomic E-state index is -2.90. The molecular weight excluding hydrogens is 250 g/mol. The van der Waals surface area contributed by atoms with Crippen molar-refractivity contribution in [3.63, 3.8) is 0 Å².